The maximum Gasteiger partial charge on any atom is 0.346 e. The van der Waals surface area contributed by atoms with Gasteiger partial charge in [0, 0.05) is 69.6 Å². The number of fused-ring (bicyclic) bond motifs is 1. The molecule has 2 aromatic carbocycles. The number of benzene rings is 2. The third-order valence-electron chi connectivity index (χ3n) is 5.81. The molecule has 0 amide bonds. The van der Waals surface area contributed by atoms with Gasteiger partial charge in [-0.25, -0.2) is 33.6 Å². The summed E-state index contributed by atoms with van der Waals surface area (Å²) >= 11 is 0. The molecule has 2 aliphatic rings. The largest absolute Gasteiger partial charge is 0.462 e. The SMILES string of the molecule is C.C.COCCCOC(=O)/C=C/C(=O)OCCCOC(=O)c1ccccc1C(C)=O.O=C1C=CC(=O)O1.O=C1OC(=O)c2ccccc21.OCCCO. The molecule has 53 heavy (non-hydrogen) atoms. The number of carbonyl (C=O) groups is 8. The number of hydrogen-bond acceptors (Lipinski definition) is 16. The molecule has 0 saturated heterocycles. The lowest BCUT2D eigenvalue weighted by Gasteiger charge is -2.07. The lowest BCUT2D eigenvalue weighted by Crippen LogP contribution is -2.13. The molecular formula is C37H46O16. The Hall–Kier alpha value is -5.84. The standard InChI is InChI=1S/C20H24O8.C8H4O3.C4H2O3.C3H8O2.2CH4/c1-15(21)16-7-3-4-8-17(16)20(24)28-14-6-13-27-19(23)10-9-18(22)26-12-5-11-25-2;9-7-5-3-1-2-4-6(5)8(10)11-7;5-3-1-2-4(6)7-3;4-2-1-3-5;;/h3-4,7-10H,5-6,11-14H2,1-2H3;1-4H;1-2H;4-5H,1-3H2;2*1H4/b10-9+;;;;;. The number of carbonyl (C=O) groups excluding carboxylic acids is 8. The van der Waals surface area contributed by atoms with Crippen LogP contribution in [0.1, 0.15) is 82.5 Å². The molecule has 0 aromatic heterocycles. The zero-order valence-corrected chi connectivity index (χ0v) is 27.9. The Morgan fingerprint density at radius 1 is 0.623 bits per heavy atom. The van der Waals surface area contributed by atoms with Crippen molar-refractivity contribution < 1.29 is 77.0 Å². The van der Waals surface area contributed by atoms with Crippen molar-refractivity contribution in [3.8, 4) is 0 Å². The van der Waals surface area contributed by atoms with Crippen LogP contribution in [0.2, 0.25) is 0 Å². The van der Waals surface area contributed by atoms with Crippen molar-refractivity contribution in [2.45, 2.75) is 41.0 Å². The third kappa shape index (κ3) is 20.6. The van der Waals surface area contributed by atoms with Gasteiger partial charge in [0.1, 0.15) is 0 Å². The van der Waals surface area contributed by atoms with Gasteiger partial charge < -0.3 is 38.6 Å². The van der Waals surface area contributed by atoms with Gasteiger partial charge in [0.25, 0.3) is 0 Å². The molecule has 0 saturated carbocycles. The summed E-state index contributed by atoms with van der Waals surface area (Å²) in [4.78, 5) is 87.9. The predicted molar refractivity (Wildman–Crippen MR) is 188 cm³/mol. The molecule has 0 radical (unpaired) electrons. The van der Waals surface area contributed by atoms with E-state index in [1.165, 1.54) is 13.0 Å². The number of aliphatic hydroxyl groups is 2. The van der Waals surface area contributed by atoms with E-state index in [1.54, 1.807) is 49.6 Å². The highest BCUT2D eigenvalue weighted by Gasteiger charge is 2.28. The van der Waals surface area contributed by atoms with Crippen LogP contribution in [-0.2, 0) is 47.6 Å². The summed E-state index contributed by atoms with van der Waals surface area (Å²) in [5, 5.41) is 15.8. The summed E-state index contributed by atoms with van der Waals surface area (Å²) in [6, 6.07) is 12.9. The first-order chi connectivity index (χ1) is 24.4. The fourth-order valence-electron chi connectivity index (χ4n) is 3.46. The van der Waals surface area contributed by atoms with E-state index in [9.17, 15) is 38.4 Å². The van der Waals surface area contributed by atoms with E-state index >= 15 is 0 Å². The number of aliphatic hydroxyl groups excluding tert-OH is 2. The highest BCUT2D eigenvalue weighted by atomic mass is 16.6. The van der Waals surface area contributed by atoms with Gasteiger partial charge in [0.05, 0.1) is 36.5 Å². The van der Waals surface area contributed by atoms with Gasteiger partial charge in [-0.3, -0.25) is 4.79 Å². The lowest BCUT2D eigenvalue weighted by molar-refractivity contribution is -0.150. The van der Waals surface area contributed by atoms with Crippen LogP contribution in [0.3, 0.4) is 0 Å². The van der Waals surface area contributed by atoms with E-state index in [4.69, 9.17) is 29.2 Å². The molecule has 16 heteroatoms. The molecule has 4 rings (SSSR count). The van der Waals surface area contributed by atoms with Gasteiger partial charge in [0.2, 0.25) is 0 Å². The minimum absolute atomic E-state index is 0. The van der Waals surface area contributed by atoms with Crippen molar-refractivity contribution >= 4 is 47.6 Å². The number of esters is 7. The first kappa shape index (κ1) is 49.3. The zero-order chi connectivity index (χ0) is 38.0. The van der Waals surface area contributed by atoms with E-state index in [0.29, 0.717) is 30.6 Å². The topological polar surface area (TPSA) is 232 Å². The predicted octanol–water partition coefficient (Wildman–Crippen LogP) is 3.37. The summed E-state index contributed by atoms with van der Waals surface area (Å²) < 4.78 is 27.9. The van der Waals surface area contributed by atoms with Gasteiger partial charge >= 0.3 is 41.8 Å². The van der Waals surface area contributed by atoms with Gasteiger partial charge in [-0.2, -0.15) is 0 Å². The Morgan fingerprint density at radius 2 is 1.06 bits per heavy atom. The fourth-order valence-corrected chi connectivity index (χ4v) is 3.46. The number of ether oxygens (including phenoxy) is 6. The molecule has 2 N–H and O–H groups in total. The number of hydrogen-bond donors (Lipinski definition) is 2. The number of rotatable bonds is 14. The molecular weight excluding hydrogens is 700 g/mol. The van der Waals surface area contributed by atoms with Crippen LogP contribution in [-0.4, -0.2) is 105 Å². The van der Waals surface area contributed by atoms with Crippen molar-refractivity contribution in [1.29, 1.82) is 0 Å². The molecule has 16 nitrogen and oxygen atoms in total. The van der Waals surface area contributed by atoms with Gasteiger partial charge in [0.15, 0.2) is 5.78 Å². The van der Waals surface area contributed by atoms with E-state index in [2.05, 4.69) is 9.47 Å². The van der Waals surface area contributed by atoms with E-state index in [0.717, 1.165) is 24.3 Å². The highest BCUT2D eigenvalue weighted by molar-refractivity contribution is 6.14. The van der Waals surface area contributed by atoms with Crippen molar-refractivity contribution in [1.82, 2.24) is 0 Å². The first-order valence-electron chi connectivity index (χ1n) is 15.2. The van der Waals surface area contributed by atoms with E-state index < -0.39 is 41.8 Å². The van der Waals surface area contributed by atoms with Crippen LogP contribution in [0.5, 0.6) is 0 Å². The molecule has 0 aliphatic carbocycles. The van der Waals surface area contributed by atoms with E-state index in [1.807, 2.05) is 0 Å². The average molecular weight is 747 g/mol. The third-order valence-corrected chi connectivity index (χ3v) is 5.81. The van der Waals surface area contributed by atoms with Crippen molar-refractivity contribution in [2.24, 2.45) is 0 Å². The molecule has 0 unspecified atom stereocenters. The zero-order valence-electron chi connectivity index (χ0n) is 27.9. The average Bonchev–Trinajstić information content (AvgIpc) is 3.65. The lowest BCUT2D eigenvalue weighted by atomic mass is 10.0. The molecule has 2 aromatic rings. The van der Waals surface area contributed by atoms with Crippen LogP contribution < -0.4 is 0 Å². The minimum Gasteiger partial charge on any atom is -0.462 e. The minimum atomic E-state index is -0.706. The summed E-state index contributed by atoms with van der Waals surface area (Å²) in [7, 11) is 1.55. The Kier molecular flexibility index (Phi) is 26.8. The van der Waals surface area contributed by atoms with Crippen molar-refractivity contribution in [3.63, 3.8) is 0 Å². The quantitative estimate of drug-likeness (QED) is 0.0704. The second-order valence-electron chi connectivity index (χ2n) is 9.70. The summed E-state index contributed by atoms with van der Waals surface area (Å²) in [6.45, 7) is 2.26. The molecule has 0 bridgehead atoms. The normalized spacial score (nSPS) is 11.7. The monoisotopic (exact) mass is 746 g/mol. The summed E-state index contributed by atoms with van der Waals surface area (Å²) in [5.74, 6) is -4.46. The smallest absolute Gasteiger partial charge is 0.346 e. The maximum absolute atomic E-state index is 12.0. The Bertz CT molecular complexity index is 1520. The fraction of sp³-hybridized carbons (Fsp3) is 0.351. The first-order valence-corrected chi connectivity index (χ1v) is 15.2. The summed E-state index contributed by atoms with van der Waals surface area (Å²) in [6.07, 6.45) is 5.46. The highest BCUT2D eigenvalue weighted by Crippen LogP contribution is 2.18. The number of Topliss-reactive ketones (excluding diaryl/α,β-unsaturated/α-hetero) is 1. The Balaban J connectivity index is 0. The van der Waals surface area contributed by atoms with Crippen LogP contribution in [0.15, 0.2) is 72.8 Å². The molecule has 0 fully saturated rings. The Labute approximate surface area is 307 Å². The summed E-state index contributed by atoms with van der Waals surface area (Å²) in [5.41, 5.74) is 1.20. The van der Waals surface area contributed by atoms with Crippen molar-refractivity contribution in [2.75, 3.05) is 46.8 Å². The molecule has 2 heterocycles. The van der Waals surface area contributed by atoms with Gasteiger partial charge in [-0.05, 0) is 31.5 Å². The maximum atomic E-state index is 12.0. The van der Waals surface area contributed by atoms with Crippen molar-refractivity contribution in [3.05, 3.63) is 95.1 Å². The van der Waals surface area contributed by atoms with Gasteiger partial charge in [-0.15, -0.1) is 0 Å². The number of ketones is 1. The van der Waals surface area contributed by atoms with Crippen LogP contribution in [0.25, 0.3) is 0 Å². The second kappa shape index (κ2) is 28.8. The van der Waals surface area contributed by atoms with Crippen LogP contribution in [0, 0.1) is 0 Å². The molecule has 2 aliphatic heterocycles. The van der Waals surface area contributed by atoms with Crippen LogP contribution in [0.4, 0.5) is 0 Å². The molecule has 290 valence electrons. The molecule has 0 atom stereocenters. The number of methoxy groups -OCH3 is 1. The Morgan fingerprint density at radius 3 is 1.45 bits per heavy atom. The molecule has 0 spiro atoms. The van der Waals surface area contributed by atoms with Crippen LogP contribution >= 0.6 is 0 Å². The van der Waals surface area contributed by atoms with E-state index in [-0.39, 0.29) is 71.2 Å². The number of cyclic esters (lactones) is 4. The second-order valence-corrected chi connectivity index (χ2v) is 9.70. The van der Waals surface area contributed by atoms with Gasteiger partial charge in [-0.1, -0.05) is 45.2 Å².